The van der Waals surface area contributed by atoms with Gasteiger partial charge in [-0.15, -0.1) is 11.3 Å². The van der Waals surface area contributed by atoms with E-state index in [2.05, 4.69) is 15.9 Å². The zero-order chi connectivity index (χ0) is 13.1. The van der Waals surface area contributed by atoms with Crippen LogP contribution in [0, 0.1) is 5.92 Å². The minimum atomic E-state index is -0.762. The Balaban J connectivity index is 1.88. The summed E-state index contributed by atoms with van der Waals surface area (Å²) in [6.45, 7) is 1.41. The van der Waals surface area contributed by atoms with Gasteiger partial charge < -0.3 is 10.0 Å². The molecule has 4 nitrogen and oxygen atoms in total. The minimum absolute atomic E-state index is 0.0507. The normalized spacial score (nSPS) is 19.2. The fourth-order valence-electron chi connectivity index (χ4n) is 2.19. The molecule has 1 amide bonds. The van der Waals surface area contributed by atoms with Crippen LogP contribution in [-0.4, -0.2) is 35.0 Å². The molecular formula is C12H14BrNO3S. The first-order valence-electron chi connectivity index (χ1n) is 5.81. The molecule has 1 aliphatic rings. The van der Waals surface area contributed by atoms with Gasteiger partial charge in [0.05, 0.1) is 9.35 Å². The molecule has 98 valence electrons. The Hall–Kier alpha value is -0.880. The molecule has 0 radical (unpaired) electrons. The van der Waals surface area contributed by atoms with Crippen molar-refractivity contribution in [3.63, 3.8) is 0 Å². The number of carboxylic acids is 1. The summed E-state index contributed by atoms with van der Waals surface area (Å²) in [6.07, 6.45) is 1.76. The van der Waals surface area contributed by atoms with Crippen LogP contribution < -0.4 is 0 Å². The Kier molecular flexibility index (Phi) is 4.40. The molecule has 1 aromatic rings. The van der Waals surface area contributed by atoms with Gasteiger partial charge in [-0.1, -0.05) is 0 Å². The Morgan fingerprint density at radius 3 is 2.94 bits per heavy atom. The number of nitrogens with zero attached hydrogens (tertiary/aromatic N) is 1. The van der Waals surface area contributed by atoms with E-state index in [0.29, 0.717) is 24.4 Å². The van der Waals surface area contributed by atoms with E-state index < -0.39 is 5.97 Å². The van der Waals surface area contributed by atoms with E-state index in [-0.39, 0.29) is 12.3 Å². The maximum atomic E-state index is 12.1. The Labute approximate surface area is 118 Å². The van der Waals surface area contributed by atoms with Crippen LogP contribution in [-0.2, 0) is 4.79 Å². The average molecular weight is 332 g/mol. The number of hydrogen-bond donors (Lipinski definition) is 1. The number of amides is 1. The SMILES string of the molecule is O=C(O)CCC1CCN(C(=O)c2csc(Br)c2)C1. The van der Waals surface area contributed by atoms with E-state index in [1.165, 1.54) is 11.3 Å². The van der Waals surface area contributed by atoms with Gasteiger partial charge in [0.2, 0.25) is 0 Å². The summed E-state index contributed by atoms with van der Waals surface area (Å²) in [5.74, 6) is -0.386. The summed E-state index contributed by atoms with van der Waals surface area (Å²) in [4.78, 5) is 24.5. The molecule has 0 saturated carbocycles. The standard InChI is InChI=1S/C12H14BrNO3S/c13-10-5-9(7-18-10)12(17)14-4-3-8(6-14)1-2-11(15)16/h5,7-8H,1-4,6H2,(H,15,16). The van der Waals surface area contributed by atoms with Gasteiger partial charge in [-0.3, -0.25) is 9.59 Å². The van der Waals surface area contributed by atoms with Crippen molar-refractivity contribution >= 4 is 39.1 Å². The topological polar surface area (TPSA) is 57.6 Å². The molecule has 1 aliphatic heterocycles. The summed E-state index contributed by atoms with van der Waals surface area (Å²) in [5.41, 5.74) is 0.714. The van der Waals surface area contributed by atoms with Gasteiger partial charge in [0, 0.05) is 24.9 Å². The fourth-order valence-corrected chi connectivity index (χ4v) is 3.32. The first-order chi connectivity index (χ1) is 8.56. The van der Waals surface area contributed by atoms with E-state index in [9.17, 15) is 9.59 Å². The molecule has 2 rings (SSSR count). The van der Waals surface area contributed by atoms with Gasteiger partial charge in [-0.25, -0.2) is 0 Å². The number of likely N-dealkylation sites (tertiary alicyclic amines) is 1. The van der Waals surface area contributed by atoms with Crippen molar-refractivity contribution < 1.29 is 14.7 Å². The maximum Gasteiger partial charge on any atom is 0.303 e. The lowest BCUT2D eigenvalue weighted by Gasteiger charge is -2.15. The summed E-state index contributed by atoms with van der Waals surface area (Å²) in [7, 11) is 0. The summed E-state index contributed by atoms with van der Waals surface area (Å²) in [6, 6.07) is 1.83. The highest BCUT2D eigenvalue weighted by molar-refractivity contribution is 9.11. The van der Waals surface area contributed by atoms with E-state index in [4.69, 9.17) is 5.11 Å². The zero-order valence-electron chi connectivity index (χ0n) is 9.76. The number of carboxylic acid groups (broad SMARTS) is 1. The molecule has 6 heteroatoms. The van der Waals surface area contributed by atoms with Crippen molar-refractivity contribution in [1.29, 1.82) is 0 Å². The highest BCUT2D eigenvalue weighted by Crippen LogP contribution is 2.26. The first-order valence-corrected chi connectivity index (χ1v) is 7.48. The molecule has 1 unspecified atom stereocenters. The van der Waals surface area contributed by atoms with Crippen LogP contribution in [0.2, 0.25) is 0 Å². The molecule has 2 heterocycles. The molecule has 0 aliphatic carbocycles. The van der Waals surface area contributed by atoms with Gasteiger partial charge in [0.1, 0.15) is 0 Å². The number of carbonyl (C=O) groups is 2. The minimum Gasteiger partial charge on any atom is -0.481 e. The third-order valence-corrected chi connectivity index (χ3v) is 4.66. The van der Waals surface area contributed by atoms with Crippen molar-refractivity contribution in [3.8, 4) is 0 Å². The largest absolute Gasteiger partial charge is 0.481 e. The summed E-state index contributed by atoms with van der Waals surface area (Å²) in [5, 5.41) is 10.5. The molecule has 0 aromatic carbocycles. The van der Waals surface area contributed by atoms with Crippen molar-refractivity contribution in [2.75, 3.05) is 13.1 Å². The average Bonchev–Trinajstić information content (AvgIpc) is 2.94. The van der Waals surface area contributed by atoms with Gasteiger partial charge in [-0.2, -0.15) is 0 Å². The Morgan fingerprint density at radius 1 is 1.56 bits per heavy atom. The van der Waals surface area contributed by atoms with Crippen molar-refractivity contribution in [3.05, 3.63) is 20.8 Å². The Morgan fingerprint density at radius 2 is 2.33 bits per heavy atom. The van der Waals surface area contributed by atoms with Crippen LogP contribution in [0.15, 0.2) is 15.2 Å². The third-order valence-electron chi connectivity index (χ3n) is 3.15. The van der Waals surface area contributed by atoms with Crippen LogP contribution in [0.25, 0.3) is 0 Å². The van der Waals surface area contributed by atoms with Gasteiger partial charge in [-0.05, 0) is 40.8 Å². The molecule has 1 saturated heterocycles. The van der Waals surface area contributed by atoms with Crippen LogP contribution >= 0.6 is 27.3 Å². The molecule has 1 N–H and O–H groups in total. The Bertz CT molecular complexity index is 460. The van der Waals surface area contributed by atoms with E-state index in [0.717, 1.165) is 16.8 Å². The quantitative estimate of drug-likeness (QED) is 0.922. The van der Waals surface area contributed by atoms with Crippen LogP contribution in [0.5, 0.6) is 0 Å². The second kappa shape index (κ2) is 5.84. The number of carbonyl (C=O) groups excluding carboxylic acids is 1. The van der Waals surface area contributed by atoms with Gasteiger partial charge in [0.25, 0.3) is 5.91 Å². The number of halogens is 1. The van der Waals surface area contributed by atoms with E-state index in [1.807, 2.05) is 16.3 Å². The highest BCUT2D eigenvalue weighted by Gasteiger charge is 2.27. The second-order valence-corrected chi connectivity index (χ2v) is 6.77. The van der Waals surface area contributed by atoms with Crippen molar-refractivity contribution in [2.24, 2.45) is 5.92 Å². The number of thiophene rings is 1. The van der Waals surface area contributed by atoms with Crippen LogP contribution in [0.4, 0.5) is 0 Å². The number of hydrogen-bond acceptors (Lipinski definition) is 3. The third kappa shape index (κ3) is 3.32. The lowest BCUT2D eigenvalue weighted by atomic mass is 10.0. The smallest absolute Gasteiger partial charge is 0.303 e. The molecule has 1 atom stereocenters. The molecule has 0 bridgehead atoms. The zero-order valence-corrected chi connectivity index (χ0v) is 12.2. The summed E-state index contributed by atoms with van der Waals surface area (Å²) >= 11 is 4.84. The second-order valence-electron chi connectivity index (χ2n) is 4.48. The molecular weight excluding hydrogens is 318 g/mol. The van der Waals surface area contributed by atoms with Gasteiger partial charge in [0.15, 0.2) is 0 Å². The first kappa shape index (κ1) is 13.5. The van der Waals surface area contributed by atoms with Crippen molar-refractivity contribution in [1.82, 2.24) is 4.90 Å². The number of aliphatic carboxylic acids is 1. The van der Waals surface area contributed by atoms with Crippen LogP contribution in [0.1, 0.15) is 29.6 Å². The number of rotatable bonds is 4. The molecule has 0 spiro atoms. The van der Waals surface area contributed by atoms with E-state index >= 15 is 0 Å². The van der Waals surface area contributed by atoms with Crippen molar-refractivity contribution in [2.45, 2.75) is 19.3 Å². The fraction of sp³-hybridized carbons (Fsp3) is 0.500. The molecule has 18 heavy (non-hydrogen) atoms. The summed E-state index contributed by atoms with van der Waals surface area (Å²) < 4.78 is 0.951. The van der Waals surface area contributed by atoms with Crippen LogP contribution in [0.3, 0.4) is 0 Å². The lowest BCUT2D eigenvalue weighted by Crippen LogP contribution is -2.28. The molecule has 1 fully saturated rings. The monoisotopic (exact) mass is 331 g/mol. The van der Waals surface area contributed by atoms with Gasteiger partial charge >= 0.3 is 5.97 Å². The highest BCUT2D eigenvalue weighted by atomic mass is 79.9. The predicted molar refractivity (Wildman–Crippen MR) is 72.9 cm³/mol. The predicted octanol–water partition coefficient (Wildman–Crippen LogP) is 2.84. The maximum absolute atomic E-state index is 12.1. The lowest BCUT2D eigenvalue weighted by molar-refractivity contribution is -0.137. The molecule has 1 aromatic heterocycles. The van der Waals surface area contributed by atoms with E-state index in [1.54, 1.807) is 0 Å².